The summed E-state index contributed by atoms with van der Waals surface area (Å²) in [6, 6.07) is 12.1. The Bertz CT molecular complexity index is 490. The molecule has 0 aliphatic heterocycles. The number of pyridine rings is 1. The predicted molar refractivity (Wildman–Crippen MR) is 72.6 cm³/mol. The van der Waals surface area contributed by atoms with Crippen molar-refractivity contribution in [3.63, 3.8) is 0 Å². The number of hydrogen-bond donors (Lipinski definition) is 0. The number of aldehydes is 1. The minimum atomic E-state index is -0.191. The van der Waals surface area contributed by atoms with Crippen molar-refractivity contribution in [1.29, 1.82) is 0 Å². The molecule has 1 aromatic heterocycles. The lowest BCUT2D eigenvalue weighted by atomic mass is 9.92. The van der Waals surface area contributed by atoms with Gasteiger partial charge in [-0.05, 0) is 35.2 Å². The second-order valence-electron chi connectivity index (χ2n) is 4.39. The fourth-order valence-electron chi connectivity index (χ4n) is 2.10. The van der Waals surface area contributed by atoms with Gasteiger partial charge in [0.25, 0.3) is 0 Å². The molecule has 0 N–H and O–H groups in total. The van der Waals surface area contributed by atoms with Crippen molar-refractivity contribution in [2.24, 2.45) is 0 Å². The van der Waals surface area contributed by atoms with Crippen molar-refractivity contribution in [2.45, 2.75) is 25.7 Å². The first-order valence-corrected chi connectivity index (χ1v) is 6.29. The fourth-order valence-corrected chi connectivity index (χ4v) is 2.10. The van der Waals surface area contributed by atoms with E-state index in [1.165, 1.54) is 5.56 Å². The van der Waals surface area contributed by atoms with Crippen LogP contribution in [0.4, 0.5) is 0 Å². The van der Waals surface area contributed by atoms with Crippen molar-refractivity contribution in [2.75, 3.05) is 0 Å². The van der Waals surface area contributed by atoms with Crippen LogP contribution in [0.2, 0.25) is 0 Å². The number of hydrogen-bond acceptors (Lipinski definition) is 2. The lowest BCUT2D eigenvalue weighted by molar-refractivity contribution is -0.108. The first-order valence-electron chi connectivity index (χ1n) is 6.29. The average Bonchev–Trinajstić information content (AvgIpc) is 2.43. The summed E-state index contributed by atoms with van der Waals surface area (Å²) in [5.74, 6) is -0.191. The summed E-state index contributed by atoms with van der Waals surface area (Å²) < 4.78 is 0. The summed E-state index contributed by atoms with van der Waals surface area (Å²) in [7, 11) is 0. The molecule has 0 spiro atoms. The molecular weight excluding hydrogens is 222 g/mol. The van der Waals surface area contributed by atoms with E-state index in [0.29, 0.717) is 0 Å². The van der Waals surface area contributed by atoms with Crippen molar-refractivity contribution in [1.82, 2.24) is 4.98 Å². The molecule has 2 heteroatoms. The zero-order valence-corrected chi connectivity index (χ0v) is 10.5. The topological polar surface area (TPSA) is 30.0 Å². The smallest absolute Gasteiger partial charge is 0.131 e. The third kappa shape index (κ3) is 2.83. The summed E-state index contributed by atoms with van der Waals surface area (Å²) in [6.07, 6.45) is 6.65. The van der Waals surface area contributed by atoms with Crippen LogP contribution in [0.25, 0.3) is 0 Å². The Balaban J connectivity index is 2.25. The molecule has 0 amide bonds. The quantitative estimate of drug-likeness (QED) is 0.749. The minimum Gasteiger partial charge on any atom is -0.302 e. The van der Waals surface area contributed by atoms with Crippen molar-refractivity contribution < 1.29 is 4.79 Å². The van der Waals surface area contributed by atoms with Crippen LogP contribution < -0.4 is 0 Å². The van der Waals surface area contributed by atoms with Gasteiger partial charge >= 0.3 is 0 Å². The van der Waals surface area contributed by atoms with Crippen LogP contribution in [0, 0.1) is 0 Å². The van der Waals surface area contributed by atoms with Crippen LogP contribution >= 0.6 is 0 Å². The van der Waals surface area contributed by atoms with Gasteiger partial charge in [-0.1, -0.05) is 37.6 Å². The van der Waals surface area contributed by atoms with E-state index in [4.69, 9.17) is 0 Å². The van der Waals surface area contributed by atoms with E-state index >= 15 is 0 Å². The molecule has 1 aromatic carbocycles. The standard InChI is InChI=1S/C16H17NO/c1-2-3-13-4-6-14(7-5-13)16(12-18)15-8-10-17-11-9-15/h4-12,16H,2-3H2,1H3. The van der Waals surface area contributed by atoms with Crippen LogP contribution in [-0.2, 0) is 11.2 Å². The lowest BCUT2D eigenvalue weighted by Gasteiger charge is -2.11. The molecule has 1 atom stereocenters. The normalized spacial score (nSPS) is 12.1. The zero-order chi connectivity index (χ0) is 12.8. The first kappa shape index (κ1) is 12.5. The maximum Gasteiger partial charge on any atom is 0.131 e. The molecule has 1 unspecified atom stereocenters. The monoisotopic (exact) mass is 239 g/mol. The Morgan fingerprint density at radius 2 is 1.67 bits per heavy atom. The second kappa shape index (κ2) is 6.10. The fraction of sp³-hybridized carbons (Fsp3) is 0.250. The molecule has 0 radical (unpaired) electrons. The SMILES string of the molecule is CCCc1ccc(C(C=O)c2ccncc2)cc1. The molecule has 2 nitrogen and oxygen atoms in total. The number of carbonyl (C=O) groups is 1. The predicted octanol–water partition coefficient (Wildman–Crippen LogP) is 3.36. The average molecular weight is 239 g/mol. The summed E-state index contributed by atoms with van der Waals surface area (Å²) in [4.78, 5) is 15.3. The summed E-state index contributed by atoms with van der Waals surface area (Å²) in [5, 5.41) is 0. The van der Waals surface area contributed by atoms with Crippen LogP contribution in [-0.4, -0.2) is 11.3 Å². The molecule has 2 rings (SSSR count). The number of benzene rings is 1. The molecule has 2 aromatic rings. The van der Waals surface area contributed by atoms with Gasteiger partial charge in [-0.25, -0.2) is 0 Å². The highest BCUT2D eigenvalue weighted by Gasteiger charge is 2.12. The Morgan fingerprint density at radius 3 is 2.22 bits per heavy atom. The maximum atomic E-state index is 11.3. The highest BCUT2D eigenvalue weighted by Crippen LogP contribution is 2.22. The molecule has 0 aliphatic carbocycles. The molecular formula is C16H17NO. The minimum absolute atomic E-state index is 0.191. The van der Waals surface area contributed by atoms with Crippen LogP contribution in [0.5, 0.6) is 0 Å². The van der Waals surface area contributed by atoms with E-state index in [1.807, 2.05) is 24.3 Å². The second-order valence-corrected chi connectivity index (χ2v) is 4.39. The molecule has 0 bridgehead atoms. The Kier molecular flexibility index (Phi) is 4.24. The highest BCUT2D eigenvalue weighted by atomic mass is 16.1. The van der Waals surface area contributed by atoms with Gasteiger partial charge in [0.05, 0.1) is 5.92 Å². The van der Waals surface area contributed by atoms with E-state index in [2.05, 4.69) is 24.0 Å². The van der Waals surface area contributed by atoms with Gasteiger partial charge in [0.15, 0.2) is 0 Å². The van der Waals surface area contributed by atoms with Gasteiger partial charge in [-0.3, -0.25) is 4.98 Å². The van der Waals surface area contributed by atoms with E-state index in [-0.39, 0.29) is 5.92 Å². The van der Waals surface area contributed by atoms with Gasteiger partial charge < -0.3 is 4.79 Å². The van der Waals surface area contributed by atoms with Gasteiger partial charge in [-0.2, -0.15) is 0 Å². The van der Waals surface area contributed by atoms with Gasteiger partial charge in [0.2, 0.25) is 0 Å². The van der Waals surface area contributed by atoms with Crippen molar-refractivity contribution >= 4 is 6.29 Å². The summed E-state index contributed by atoms with van der Waals surface area (Å²) in [5.41, 5.74) is 3.35. The molecule has 92 valence electrons. The van der Waals surface area contributed by atoms with E-state index in [9.17, 15) is 4.79 Å². The van der Waals surface area contributed by atoms with Crippen molar-refractivity contribution in [3.8, 4) is 0 Å². The number of aromatic nitrogens is 1. The van der Waals surface area contributed by atoms with Gasteiger partial charge in [-0.15, -0.1) is 0 Å². The maximum absolute atomic E-state index is 11.3. The van der Waals surface area contributed by atoms with Crippen LogP contribution in [0.15, 0.2) is 48.8 Å². The first-order chi connectivity index (χ1) is 8.85. The van der Waals surface area contributed by atoms with Gasteiger partial charge in [0.1, 0.15) is 6.29 Å². The van der Waals surface area contributed by atoms with Crippen molar-refractivity contribution in [3.05, 3.63) is 65.5 Å². The highest BCUT2D eigenvalue weighted by molar-refractivity contribution is 5.68. The Morgan fingerprint density at radius 1 is 1.06 bits per heavy atom. The van der Waals surface area contributed by atoms with Crippen LogP contribution in [0.3, 0.4) is 0 Å². The number of nitrogens with zero attached hydrogens (tertiary/aromatic N) is 1. The largest absolute Gasteiger partial charge is 0.302 e. The van der Waals surface area contributed by atoms with E-state index in [1.54, 1.807) is 12.4 Å². The molecule has 0 fully saturated rings. The number of carbonyl (C=O) groups excluding carboxylic acids is 1. The lowest BCUT2D eigenvalue weighted by Crippen LogP contribution is -2.02. The summed E-state index contributed by atoms with van der Waals surface area (Å²) >= 11 is 0. The third-order valence-electron chi connectivity index (χ3n) is 3.08. The Hall–Kier alpha value is -1.96. The third-order valence-corrected chi connectivity index (χ3v) is 3.08. The molecule has 1 heterocycles. The zero-order valence-electron chi connectivity index (χ0n) is 10.5. The van der Waals surface area contributed by atoms with Crippen LogP contribution in [0.1, 0.15) is 36.0 Å². The number of aryl methyl sites for hydroxylation is 1. The number of rotatable bonds is 5. The molecule has 0 aliphatic rings. The molecule has 0 saturated heterocycles. The Labute approximate surface area is 108 Å². The summed E-state index contributed by atoms with van der Waals surface area (Å²) in [6.45, 7) is 2.17. The van der Waals surface area contributed by atoms with E-state index < -0.39 is 0 Å². The molecule has 18 heavy (non-hydrogen) atoms. The van der Waals surface area contributed by atoms with E-state index in [0.717, 1.165) is 30.3 Å². The van der Waals surface area contributed by atoms with Gasteiger partial charge in [0, 0.05) is 12.4 Å². The molecule has 0 saturated carbocycles.